The van der Waals surface area contributed by atoms with E-state index in [2.05, 4.69) is 10.6 Å². The summed E-state index contributed by atoms with van der Waals surface area (Å²) in [4.78, 5) is 23.0. The monoisotopic (exact) mass is 242 g/mol. The Labute approximate surface area is 102 Å². The molecule has 5 nitrogen and oxygen atoms in total. The van der Waals surface area contributed by atoms with Crippen LogP contribution in [0.2, 0.25) is 0 Å². The fourth-order valence-electron chi connectivity index (χ4n) is 2.03. The number of hydrogen-bond acceptors (Lipinski definition) is 3. The second-order valence-corrected chi connectivity index (χ2v) is 4.75. The van der Waals surface area contributed by atoms with Gasteiger partial charge in [0.25, 0.3) is 0 Å². The molecule has 0 aromatic heterocycles. The number of carbonyl (C=O) groups is 2. The van der Waals surface area contributed by atoms with E-state index in [1.807, 2.05) is 13.8 Å². The number of rotatable bonds is 5. The van der Waals surface area contributed by atoms with Crippen LogP contribution in [-0.2, 0) is 9.59 Å². The van der Waals surface area contributed by atoms with Gasteiger partial charge in [0.05, 0.1) is 5.92 Å². The van der Waals surface area contributed by atoms with Crippen LogP contribution in [0, 0.1) is 11.8 Å². The molecule has 0 spiro atoms. The molecule has 1 amide bonds. The van der Waals surface area contributed by atoms with Crippen LogP contribution in [0.4, 0.5) is 0 Å². The highest BCUT2D eigenvalue weighted by Crippen LogP contribution is 2.13. The Morgan fingerprint density at radius 3 is 2.71 bits per heavy atom. The molecule has 1 aliphatic heterocycles. The van der Waals surface area contributed by atoms with Crippen molar-refractivity contribution in [2.45, 2.75) is 39.2 Å². The molecule has 17 heavy (non-hydrogen) atoms. The first-order valence-corrected chi connectivity index (χ1v) is 6.30. The number of aliphatic carboxylic acids is 1. The summed E-state index contributed by atoms with van der Waals surface area (Å²) in [6.07, 6.45) is 2.55. The molecule has 0 saturated carbocycles. The number of nitrogens with one attached hydrogen (secondary N) is 2. The van der Waals surface area contributed by atoms with Crippen molar-refractivity contribution >= 4 is 11.9 Å². The zero-order valence-electron chi connectivity index (χ0n) is 10.5. The molecule has 0 radical (unpaired) electrons. The highest BCUT2D eigenvalue weighted by atomic mass is 16.4. The standard InChI is InChI=1S/C12H22N2O3/c1-3-8(2)10(12(16)17)14-11(15)9-5-4-6-13-7-9/h8-10,13H,3-7H2,1-2H3,(H,14,15)(H,16,17)/t8?,9-,10-/m0/s1. The molecule has 1 rings (SSSR count). The van der Waals surface area contributed by atoms with E-state index < -0.39 is 12.0 Å². The van der Waals surface area contributed by atoms with Crippen molar-refractivity contribution in [3.05, 3.63) is 0 Å². The summed E-state index contributed by atoms with van der Waals surface area (Å²) in [5.74, 6) is -1.22. The summed E-state index contributed by atoms with van der Waals surface area (Å²) in [6, 6.07) is -0.769. The van der Waals surface area contributed by atoms with E-state index in [9.17, 15) is 9.59 Å². The molecule has 0 aliphatic carbocycles. The van der Waals surface area contributed by atoms with Gasteiger partial charge in [0, 0.05) is 6.54 Å². The van der Waals surface area contributed by atoms with Crippen molar-refractivity contribution in [1.82, 2.24) is 10.6 Å². The SMILES string of the molecule is CCC(C)[C@H](NC(=O)[C@H]1CCCNC1)C(=O)O. The lowest BCUT2D eigenvalue weighted by atomic mass is 9.95. The van der Waals surface area contributed by atoms with Crippen molar-refractivity contribution in [2.24, 2.45) is 11.8 Å². The predicted octanol–water partition coefficient (Wildman–Crippen LogP) is 0.602. The van der Waals surface area contributed by atoms with Crippen LogP contribution in [0.25, 0.3) is 0 Å². The van der Waals surface area contributed by atoms with Crippen LogP contribution in [0.5, 0.6) is 0 Å². The normalized spacial score (nSPS) is 23.8. The lowest BCUT2D eigenvalue weighted by Gasteiger charge is -2.26. The zero-order chi connectivity index (χ0) is 12.8. The number of carboxylic acids is 1. The lowest BCUT2D eigenvalue weighted by Crippen LogP contribution is -2.49. The van der Waals surface area contributed by atoms with E-state index in [-0.39, 0.29) is 17.7 Å². The Hall–Kier alpha value is -1.10. The number of amides is 1. The molecule has 1 saturated heterocycles. The predicted molar refractivity (Wildman–Crippen MR) is 64.6 cm³/mol. The van der Waals surface area contributed by atoms with Crippen molar-refractivity contribution in [1.29, 1.82) is 0 Å². The fourth-order valence-corrected chi connectivity index (χ4v) is 2.03. The van der Waals surface area contributed by atoms with Gasteiger partial charge in [-0.05, 0) is 25.3 Å². The summed E-state index contributed by atoms with van der Waals surface area (Å²) in [7, 11) is 0. The van der Waals surface area contributed by atoms with Gasteiger partial charge in [0.15, 0.2) is 0 Å². The van der Waals surface area contributed by atoms with E-state index in [1.165, 1.54) is 0 Å². The average molecular weight is 242 g/mol. The molecule has 3 atom stereocenters. The quantitative estimate of drug-likeness (QED) is 0.659. The van der Waals surface area contributed by atoms with Crippen LogP contribution in [0.3, 0.4) is 0 Å². The van der Waals surface area contributed by atoms with Gasteiger partial charge < -0.3 is 15.7 Å². The third-order valence-electron chi connectivity index (χ3n) is 3.44. The number of carboxylic acid groups (broad SMARTS) is 1. The molecule has 98 valence electrons. The van der Waals surface area contributed by atoms with Crippen LogP contribution in [0.15, 0.2) is 0 Å². The summed E-state index contributed by atoms with van der Waals surface area (Å²) < 4.78 is 0. The van der Waals surface area contributed by atoms with Crippen molar-refractivity contribution in [3.63, 3.8) is 0 Å². The summed E-state index contributed by atoms with van der Waals surface area (Å²) in [6.45, 7) is 5.36. The van der Waals surface area contributed by atoms with Gasteiger partial charge in [-0.2, -0.15) is 0 Å². The van der Waals surface area contributed by atoms with Crippen LogP contribution in [-0.4, -0.2) is 36.1 Å². The minimum Gasteiger partial charge on any atom is -0.480 e. The minimum absolute atomic E-state index is 0.0481. The lowest BCUT2D eigenvalue weighted by molar-refractivity contribution is -0.144. The van der Waals surface area contributed by atoms with E-state index in [0.29, 0.717) is 6.54 Å². The Kier molecular flexibility index (Phi) is 5.41. The van der Waals surface area contributed by atoms with Gasteiger partial charge >= 0.3 is 5.97 Å². The maximum atomic E-state index is 11.9. The number of carbonyl (C=O) groups excluding carboxylic acids is 1. The Bertz CT molecular complexity index is 275. The molecular weight excluding hydrogens is 220 g/mol. The molecule has 0 aromatic rings. The molecule has 0 aromatic carbocycles. The Morgan fingerprint density at radius 2 is 2.24 bits per heavy atom. The summed E-state index contributed by atoms with van der Waals surface area (Å²) in [5.41, 5.74) is 0. The first-order chi connectivity index (χ1) is 8.06. The third kappa shape index (κ3) is 4.00. The minimum atomic E-state index is -0.948. The van der Waals surface area contributed by atoms with Gasteiger partial charge in [-0.1, -0.05) is 20.3 Å². The first kappa shape index (κ1) is 14.0. The van der Waals surface area contributed by atoms with Crippen LogP contribution >= 0.6 is 0 Å². The second-order valence-electron chi connectivity index (χ2n) is 4.75. The smallest absolute Gasteiger partial charge is 0.326 e. The molecule has 1 heterocycles. The number of hydrogen-bond donors (Lipinski definition) is 3. The van der Waals surface area contributed by atoms with Gasteiger partial charge in [0.2, 0.25) is 5.91 Å². The molecule has 1 fully saturated rings. The average Bonchev–Trinajstić information content (AvgIpc) is 2.35. The van der Waals surface area contributed by atoms with E-state index in [0.717, 1.165) is 25.8 Å². The topological polar surface area (TPSA) is 78.4 Å². The third-order valence-corrected chi connectivity index (χ3v) is 3.44. The summed E-state index contributed by atoms with van der Waals surface area (Å²) >= 11 is 0. The fraction of sp³-hybridized carbons (Fsp3) is 0.833. The van der Waals surface area contributed by atoms with Crippen molar-refractivity contribution < 1.29 is 14.7 Å². The maximum Gasteiger partial charge on any atom is 0.326 e. The van der Waals surface area contributed by atoms with Crippen LogP contribution < -0.4 is 10.6 Å². The molecule has 5 heteroatoms. The van der Waals surface area contributed by atoms with E-state index in [4.69, 9.17) is 5.11 Å². The zero-order valence-corrected chi connectivity index (χ0v) is 10.5. The van der Waals surface area contributed by atoms with Crippen molar-refractivity contribution in [2.75, 3.05) is 13.1 Å². The second kappa shape index (κ2) is 6.59. The molecule has 1 aliphatic rings. The Balaban J connectivity index is 2.53. The van der Waals surface area contributed by atoms with Gasteiger partial charge in [0.1, 0.15) is 6.04 Å². The highest BCUT2D eigenvalue weighted by molar-refractivity contribution is 5.85. The molecule has 3 N–H and O–H groups in total. The van der Waals surface area contributed by atoms with E-state index in [1.54, 1.807) is 0 Å². The van der Waals surface area contributed by atoms with Crippen LogP contribution in [0.1, 0.15) is 33.1 Å². The molecular formula is C12H22N2O3. The van der Waals surface area contributed by atoms with Crippen molar-refractivity contribution in [3.8, 4) is 0 Å². The number of piperidine rings is 1. The first-order valence-electron chi connectivity index (χ1n) is 6.30. The van der Waals surface area contributed by atoms with Gasteiger partial charge in [-0.25, -0.2) is 4.79 Å². The maximum absolute atomic E-state index is 11.9. The Morgan fingerprint density at radius 1 is 1.53 bits per heavy atom. The largest absolute Gasteiger partial charge is 0.480 e. The molecule has 1 unspecified atom stereocenters. The van der Waals surface area contributed by atoms with E-state index >= 15 is 0 Å². The summed E-state index contributed by atoms with van der Waals surface area (Å²) in [5, 5.41) is 14.9. The highest BCUT2D eigenvalue weighted by Gasteiger charge is 2.29. The van der Waals surface area contributed by atoms with Gasteiger partial charge in [-0.3, -0.25) is 4.79 Å². The van der Waals surface area contributed by atoms with Gasteiger partial charge in [-0.15, -0.1) is 0 Å². The molecule has 0 bridgehead atoms.